The van der Waals surface area contributed by atoms with Crippen LogP contribution in [0.4, 0.5) is 0 Å². The molecule has 3 heterocycles. The number of β-lactam (4-membered cyclic amide) rings is 1. The minimum Gasteiger partial charge on any atom is -0.480 e. The summed E-state index contributed by atoms with van der Waals surface area (Å²) in [7, 11) is 0. The van der Waals surface area contributed by atoms with Crippen molar-refractivity contribution >= 4 is 41.4 Å². The fourth-order valence-electron chi connectivity index (χ4n) is 5.82. The van der Waals surface area contributed by atoms with E-state index in [1.165, 1.54) is 21.6 Å². The molecule has 0 aromatic heterocycles. The maximum absolute atomic E-state index is 13.3. The molecule has 0 bridgehead atoms. The molecule has 1 aliphatic carbocycles. The first kappa shape index (κ1) is 22.9. The number of amides is 4. The zero-order valence-corrected chi connectivity index (χ0v) is 19.8. The van der Waals surface area contributed by atoms with E-state index in [1.807, 2.05) is 0 Å². The zero-order chi connectivity index (χ0) is 24.4. The molecule has 5 rings (SSSR count). The van der Waals surface area contributed by atoms with E-state index in [1.54, 1.807) is 38.1 Å². The summed E-state index contributed by atoms with van der Waals surface area (Å²) in [5.41, 5.74) is 0.775. The van der Waals surface area contributed by atoms with Gasteiger partial charge in [0.25, 0.3) is 11.8 Å². The second-order valence-electron chi connectivity index (χ2n) is 10.0. The van der Waals surface area contributed by atoms with Gasteiger partial charge in [0.05, 0.1) is 11.1 Å². The Morgan fingerprint density at radius 1 is 1.09 bits per heavy atom. The third-order valence-electron chi connectivity index (χ3n) is 7.51. The summed E-state index contributed by atoms with van der Waals surface area (Å²) in [5, 5.41) is 12.0. The molecule has 3 fully saturated rings. The predicted molar refractivity (Wildman–Crippen MR) is 123 cm³/mol. The van der Waals surface area contributed by atoms with E-state index in [-0.39, 0.29) is 36.1 Å². The molecule has 0 spiro atoms. The number of imide groups is 1. The van der Waals surface area contributed by atoms with Crippen LogP contribution in [0.3, 0.4) is 0 Å². The molecule has 10 heteroatoms. The topological polar surface area (TPSA) is 124 Å². The second-order valence-corrected chi connectivity index (χ2v) is 11.8. The predicted octanol–water partition coefficient (Wildman–Crippen LogP) is 1.72. The monoisotopic (exact) mass is 485 g/mol. The molecular formula is C24H27N3O6S. The Labute approximate surface area is 201 Å². The van der Waals surface area contributed by atoms with Crippen molar-refractivity contribution in [1.29, 1.82) is 0 Å². The van der Waals surface area contributed by atoms with Crippen LogP contribution in [0.15, 0.2) is 24.3 Å². The number of carbonyl (C=O) groups excluding carboxylic acids is 4. The standard InChI is InChI=1S/C24H27N3O6S/c1-24(2)17(23(32)33)27-21(31)16(22(27)34-24)25-18(28)13-8-4-3-7-12(13)11-26-19(29)14-9-5-6-10-15(14)20(26)30/h5-6,9-10,12-13,16-17,22H,3-4,7-8,11H2,1-2H3,(H,25,28)(H,32,33)/t12?,13?,16-,17+,22-/m1/s1. The van der Waals surface area contributed by atoms with Crippen LogP contribution in [-0.4, -0.2) is 73.3 Å². The van der Waals surface area contributed by atoms with Crippen LogP contribution in [0.2, 0.25) is 0 Å². The highest BCUT2D eigenvalue weighted by atomic mass is 32.2. The van der Waals surface area contributed by atoms with E-state index < -0.39 is 34.1 Å². The largest absolute Gasteiger partial charge is 0.480 e. The fourth-order valence-corrected chi connectivity index (χ4v) is 7.44. The first-order valence-corrected chi connectivity index (χ1v) is 12.5. The van der Waals surface area contributed by atoms with Gasteiger partial charge in [-0.1, -0.05) is 25.0 Å². The van der Waals surface area contributed by atoms with E-state index >= 15 is 0 Å². The number of aliphatic carboxylic acids is 1. The number of fused-ring (bicyclic) bond motifs is 2. The lowest BCUT2D eigenvalue weighted by Gasteiger charge is -2.44. The molecule has 9 nitrogen and oxygen atoms in total. The van der Waals surface area contributed by atoms with Crippen LogP contribution in [0, 0.1) is 11.8 Å². The summed E-state index contributed by atoms with van der Waals surface area (Å²) in [6.45, 7) is 3.75. The summed E-state index contributed by atoms with van der Waals surface area (Å²) < 4.78 is -0.662. The SMILES string of the molecule is CC1(C)S[C@@H]2[C@H](NC(=O)C3CCCCC3CN3C(=O)c4ccccc4C3=O)C(=O)N2[C@H]1C(=O)O. The highest BCUT2D eigenvalue weighted by molar-refractivity contribution is 8.01. The fraction of sp³-hybridized carbons (Fsp3) is 0.542. The Morgan fingerprint density at radius 3 is 2.32 bits per heavy atom. The van der Waals surface area contributed by atoms with E-state index in [2.05, 4.69) is 5.32 Å². The average molecular weight is 486 g/mol. The van der Waals surface area contributed by atoms with Gasteiger partial charge in [0.1, 0.15) is 17.5 Å². The Hall–Kier alpha value is -2.88. The van der Waals surface area contributed by atoms with E-state index in [0.29, 0.717) is 24.0 Å². The van der Waals surface area contributed by atoms with Crippen LogP contribution < -0.4 is 5.32 Å². The van der Waals surface area contributed by atoms with Gasteiger partial charge in [-0.15, -0.1) is 11.8 Å². The molecule has 180 valence electrons. The number of hydrogen-bond acceptors (Lipinski definition) is 6. The smallest absolute Gasteiger partial charge is 0.327 e. The van der Waals surface area contributed by atoms with Crippen LogP contribution in [0.1, 0.15) is 60.2 Å². The van der Waals surface area contributed by atoms with Gasteiger partial charge in [-0.25, -0.2) is 4.79 Å². The van der Waals surface area contributed by atoms with Crippen molar-refractivity contribution < 1.29 is 29.1 Å². The first-order chi connectivity index (χ1) is 16.1. The maximum atomic E-state index is 13.3. The Morgan fingerprint density at radius 2 is 1.71 bits per heavy atom. The third-order valence-corrected chi connectivity index (χ3v) is 9.09. The molecule has 1 aromatic rings. The molecule has 2 N–H and O–H groups in total. The lowest BCUT2D eigenvalue weighted by molar-refractivity contribution is -0.161. The van der Waals surface area contributed by atoms with Gasteiger partial charge in [0.2, 0.25) is 11.8 Å². The van der Waals surface area contributed by atoms with Crippen molar-refractivity contribution in [2.75, 3.05) is 6.54 Å². The molecule has 2 unspecified atom stereocenters. The van der Waals surface area contributed by atoms with Crippen LogP contribution in [0.25, 0.3) is 0 Å². The number of thioether (sulfide) groups is 1. The second kappa shape index (κ2) is 8.11. The minimum absolute atomic E-state index is 0.168. The number of carbonyl (C=O) groups is 5. The molecule has 3 aliphatic heterocycles. The molecule has 2 saturated heterocycles. The molecule has 1 aromatic carbocycles. The summed E-state index contributed by atoms with van der Waals surface area (Å²) in [6, 6.07) is 5.03. The van der Waals surface area contributed by atoms with Gasteiger partial charge < -0.3 is 15.3 Å². The summed E-state index contributed by atoms with van der Waals surface area (Å²) in [6.07, 6.45) is 3.09. The van der Waals surface area contributed by atoms with E-state index in [9.17, 15) is 29.1 Å². The van der Waals surface area contributed by atoms with Crippen LogP contribution in [0.5, 0.6) is 0 Å². The van der Waals surface area contributed by atoms with Crippen LogP contribution in [-0.2, 0) is 14.4 Å². The van der Waals surface area contributed by atoms with Gasteiger partial charge in [-0.3, -0.25) is 24.1 Å². The number of carboxylic acid groups (broad SMARTS) is 1. The molecule has 1 saturated carbocycles. The van der Waals surface area contributed by atoms with E-state index in [0.717, 1.165) is 12.8 Å². The molecule has 0 radical (unpaired) electrons. The van der Waals surface area contributed by atoms with Gasteiger partial charge in [-0.2, -0.15) is 0 Å². The normalized spacial score (nSPS) is 31.7. The Balaban J connectivity index is 1.28. The molecule has 4 aliphatic rings. The minimum atomic E-state index is -1.05. The summed E-state index contributed by atoms with van der Waals surface area (Å²) in [5.74, 6) is -2.98. The lowest BCUT2D eigenvalue weighted by atomic mass is 9.78. The average Bonchev–Trinajstić information content (AvgIpc) is 3.21. The van der Waals surface area contributed by atoms with Gasteiger partial charge in [0.15, 0.2) is 0 Å². The molecular weight excluding hydrogens is 458 g/mol. The summed E-state index contributed by atoms with van der Waals surface area (Å²) >= 11 is 1.39. The number of rotatable bonds is 5. The zero-order valence-electron chi connectivity index (χ0n) is 19.0. The van der Waals surface area contributed by atoms with Crippen molar-refractivity contribution in [2.45, 2.75) is 61.7 Å². The number of hydrogen-bond donors (Lipinski definition) is 2. The van der Waals surface area contributed by atoms with E-state index in [4.69, 9.17) is 0 Å². The van der Waals surface area contributed by atoms with Crippen molar-refractivity contribution in [1.82, 2.24) is 15.1 Å². The van der Waals surface area contributed by atoms with Gasteiger partial charge in [-0.05, 0) is 44.7 Å². The highest BCUT2D eigenvalue weighted by Gasteiger charge is 2.64. The highest BCUT2D eigenvalue weighted by Crippen LogP contribution is 2.51. The van der Waals surface area contributed by atoms with Crippen molar-refractivity contribution in [2.24, 2.45) is 11.8 Å². The van der Waals surface area contributed by atoms with Gasteiger partial charge in [0, 0.05) is 17.2 Å². The van der Waals surface area contributed by atoms with Crippen LogP contribution >= 0.6 is 11.8 Å². The van der Waals surface area contributed by atoms with Crippen molar-refractivity contribution in [3.63, 3.8) is 0 Å². The quantitative estimate of drug-likeness (QED) is 0.481. The number of nitrogens with one attached hydrogen (secondary N) is 1. The number of nitrogens with zero attached hydrogens (tertiary/aromatic N) is 2. The molecule has 34 heavy (non-hydrogen) atoms. The van der Waals surface area contributed by atoms with Crippen molar-refractivity contribution in [3.05, 3.63) is 35.4 Å². The number of carboxylic acids is 1. The maximum Gasteiger partial charge on any atom is 0.327 e. The number of benzene rings is 1. The molecule has 4 amide bonds. The Kier molecular flexibility index (Phi) is 5.46. The first-order valence-electron chi connectivity index (χ1n) is 11.6. The van der Waals surface area contributed by atoms with Gasteiger partial charge >= 0.3 is 5.97 Å². The van der Waals surface area contributed by atoms with Crippen molar-refractivity contribution in [3.8, 4) is 0 Å². The third kappa shape index (κ3) is 3.41. The Bertz CT molecular complexity index is 1070. The molecule has 5 atom stereocenters. The lowest BCUT2D eigenvalue weighted by Crippen LogP contribution is -2.71. The summed E-state index contributed by atoms with van der Waals surface area (Å²) in [4.78, 5) is 66.0.